The van der Waals surface area contributed by atoms with Gasteiger partial charge in [-0.15, -0.1) is 16.4 Å². The number of nitrogens with zero attached hydrogens (tertiary/aromatic N) is 7. The summed E-state index contributed by atoms with van der Waals surface area (Å²) in [6.45, 7) is 7.74. The molecule has 1 atom stereocenters. The Bertz CT molecular complexity index is 1770. The maximum atomic E-state index is 11.6. The largest absolute Gasteiger partial charge is 0.465 e. The minimum absolute atomic E-state index is 0.0387. The van der Waals surface area contributed by atoms with Crippen LogP contribution in [0.5, 0.6) is 0 Å². The van der Waals surface area contributed by atoms with E-state index < -0.39 is 6.09 Å². The fourth-order valence-corrected chi connectivity index (χ4v) is 6.42. The Balaban J connectivity index is 1.44. The summed E-state index contributed by atoms with van der Waals surface area (Å²) < 4.78 is 1.91. The molecular weight excluding hydrogens is 550 g/mol. The van der Waals surface area contributed by atoms with E-state index in [0.29, 0.717) is 65.5 Å². The fraction of sp³-hybridized carbons (Fsp3) is 0.400. The van der Waals surface area contributed by atoms with Crippen LogP contribution in [0, 0.1) is 28.1 Å². The first-order valence-electron chi connectivity index (χ1n) is 13.9. The maximum absolute atomic E-state index is 11.6. The Hall–Kier alpha value is -4.68. The SMILES string of the molecule is CC(C)(C)CNc1c(C#N)cnc2c(C#N)cc(NC(c3cn(C4CC4)nn3)c3csc4c3CCN(C(=O)O)C4)cc12. The van der Waals surface area contributed by atoms with Crippen LogP contribution >= 0.6 is 11.3 Å². The van der Waals surface area contributed by atoms with E-state index in [4.69, 9.17) is 0 Å². The number of hydrogen-bond acceptors (Lipinski definition) is 9. The second-order valence-corrected chi connectivity index (χ2v) is 13.0. The fourth-order valence-electron chi connectivity index (χ4n) is 5.28. The van der Waals surface area contributed by atoms with E-state index in [0.717, 1.165) is 34.5 Å². The van der Waals surface area contributed by atoms with Gasteiger partial charge in [-0.3, -0.25) is 4.98 Å². The third-order valence-corrected chi connectivity index (χ3v) is 8.66. The van der Waals surface area contributed by atoms with E-state index in [1.807, 2.05) is 16.9 Å². The molecule has 1 unspecified atom stereocenters. The van der Waals surface area contributed by atoms with Crippen molar-refractivity contribution in [1.82, 2.24) is 24.9 Å². The van der Waals surface area contributed by atoms with Crippen molar-refractivity contribution in [3.8, 4) is 12.1 Å². The number of carbonyl (C=O) groups is 1. The third kappa shape index (κ3) is 5.33. The molecule has 3 N–H and O–H groups in total. The second kappa shape index (κ2) is 10.6. The highest BCUT2D eigenvalue weighted by Gasteiger charge is 2.31. The van der Waals surface area contributed by atoms with Crippen LogP contribution in [0.25, 0.3) is 10.9 Å². The summed E-state index contributed by atoms with van der Waals surface area (Å²) in [7, 11) is 0. The molecule has 11 nitrogen and oxygen atoms in total. The molecule has 12 heteroatoms. The topological polar surface area (TPSA) is 156 Å². The molecule has 42 heavy (non-hydrogen) atoms. The zero-order chi connectivity index (χ0) is 29.6. The van der Waals surface area contributed by atoms with Crippen LogP contribution in [-0.2, 0) is 13.0 Å². The van der Waals surface area contributed by atoms with E-state index in [-0.39, 0.29) is 11.5 Å². The molecule has 2 aliphatic rings. The Labute approximate surface area is 247 Å². The molecule has 0 saturated heterocycles. The highest BCUT2D eigenvalue weighted by Crippen LogP contribution is 2.40. The van der Waals surface area contributed by atoms with Gasteiger partial charge >= 0.3 is 6.09 Å². The highest BCUT2D eigenvalue weighted by molar-refractivity contribution is 7.10. The first-order valence-corrected chi connectivity index (χ1v) is 14.8. The summed E-state index contributed by atoms with van der Waals surface area (Å²) in [6, 6.07) is 8.22. The van der Waals surface area contributed by atoms with Gasteiger partial charge in [0.25, 0.3) is 0 Å². The van der Waals surface area contributed by atoms with Crippen molar-refractivity contribution >= 4 is 39.7 Å². The summed E-state index contributed by atoms with van der Waals surface area (Å²) in [5.41, 5.74) is 5.51. The summed E-state index contributed by atoms with van der Waals surface area (Å²) in [6.07, 6.45) is 5.33. The van der Waals surface area contributed by atoms with Gasteiger partial charge in [0.05, 0.1) is 47.2 Å². The molecule has 1 aromatic carbocycles. The third-order valence-electron chi connectivity index (χ3n) is 7.62. The van der Waals surface area contributed by atoms with Gasteiger partial charge in [-0.25, -0.2) is 9.48 Å². The van der Waals surface area contributed by atoms with Crippen molar-refractivity contribution in [2.75, 3.05) is 23.7 Å². The van der Waals surface area contributed by atoms with Crippen molar-refractivity contribution in [2.45, 2.75) is 58.7 Å². The number of carboxylic acid groups (broad SMARTS) is 1. The standard InChI is InChI=1S/C30H31N9O2S/c1-30(2,3)16-34-27-18(11-32)12-33-26-17(10-31)8-19(9-22(26)27)35-28(24-13-39(37-36-24)20-4-5-20)23-15-42-25-14-38(29(40)41)7-6-21(23)25/h8-9,12-13,15,20,28,35H,4-7,14,16H2,1-3H3,(H,33,34)(H,40,41). The van der Waals surface area contributed by atoms with Gasteiger partial charge in [-0.05, 0) is 53.3 Å². The molecule has 1 amide bonds. The van der Waals surface area contributed by atoms with Gasteiger partial charge in [-0.1, -0.05) is 26.0 Å². The van der Waals surface area contributed by atoms with Gasteiger partial charge in [-0.2, -0.15) is 10.5 Å². The van der Waals surface area contributed by atoms with Crippen LogP contribution in [0.15, 0.2) is 29.9 Å². The molecule has 1 aliphatic heterocycles. The molecule has 214 valence electrons. The lowest BCUT2D eigenvalue weighted by Gasteiger charge is -2.26. The highest BCUT2D eigenvalue weighted by atomic mass is 32.1. The molecule has 6 rings (SSSR count). The van der Waals surface area contributed by atoms with E-state index in [9.17, 15) is 20.4 Å². The van der Waals surface area contributed by atoms with Gasteiger partial charge in [0, 0.05) is 35.2 Å². The number of nitriles is 2. The van der Waals surface area contributed by atoms with Gasteiger partial charge < -0.3 is 20.6 Å². The molecule has 1 saturated carbocycles. The van der Waals surface area contributed by atoms with Gasteiger partial charge in [0.15, 0.2) is 0 Å². The van der Waals surface area contributed by atoms with Crippen LogP contribution in [0.4, 0.5) is 16.2 Å². The van der Waals surface area contributed by atoms with Crippen LogP contribution in [0.3, 0.4) is 0 Å². The number of aromatic nitrogens is 4. The number of rotatable bonds is 7. The molecule has 1 aliphatic carbocycles. The second-order valence-electron chi connectivity index (χ2n) is 12.1. The summed E-state index contributed by atoms with van der Waals surface area (Å²) in [4.78, 5) is 18.6. The lowest BCUT2D eigenvalue weighted by molar-refractivity contribution is 0.140. The smallest absolute Gasteiger partial charge is 0.407 e. The Morgan fingerprint density at radius 2 is 2.02 bits per heavy atom. The Morgan fingerprint density at radius 3 is 2.71 bits per heavy atom. The average Bonchev–Trinajstić information content (AvgIpc) is 3.55. The average molecular weight is 582 g/mol. The van der Waals surface area contributed by atoms with E-state index in [1.165, 1.54) is 11.1 Å². The van der Waals surface area contributed by atoms with Crippen LogP contribution in [-0.4, -0.2) is 49.2 Å². The minimum atomic E-state index is -0.918. The first kappa shape index (κ1) is 27.5. The quantitative estimate of drug-likeness (QED) is 0.250. The molecule has 0 bridgehead atoms. The van der Waals surface area contributed by atoms with Gasteiger partial charge in [0.2, 0.25) is 0 Å². The zero-order valence-corrected chi connectivity index (χ0v) is 24.5. The normalized spacial score (nSPS) is 15.5. The molecule has 4 heterocycles. The van der Waals surface area contributed by atoms with Crippen molar-refractivity contribution in [1.29, 1.82) is 10.5 Å². The molecule has 1 fully saturated rings. The number of hydrogen-bond donors (Lipinski definition) is 3. The lowest BCUT2D eigenvalue weighted by atomic mass is 9.95. The number of thiophene rings is 1. The van der Waals surface area contributed by atoms with Gasteiger partial charge in [0.1, 0.15) is 17.8 Å². The Kier molecular flexibility index (Phi) is 6.95. The summed E-state index contributed by atoms with van der Waals surface area (Å²) in [5, 5.41) is 48.3. The molecule has 3 aromatic heterocycles. The molecular formula is C30H31N9O2S. The number of anilines is 2. The number of benzene rings is 1. The summed E-state index contributed by atoms with van der Waals surface area (Å²) >= 11 is 1.55. The van der Waals surface area contributed by atoms with E-state index in [2.05, 4.69) is 64.2 Å². The predicted octanol–water partition coefficient (Wildman–Crippen LogP) is 5.66. The van der Waals surface area contributed by atoms with E-state index >= 15 is 0 Å². The first-order chi connectivity index (χ1) is 20.1. The summed E-state index contributed by atoms with van der Waals surface area (Å²) in [5.74, 6) is 0. The number of nitrogens with one attached hydrogen (secondary N) is 2. The zero-order valence-electron chi connectivity index (χ0n) is 23.7. The molecule has 4 aromatic rings. The maximum Gasteiger partial charge on any atom is 0.407 e. The number of amides is 1. The molecule has 0 spiro atoms. The number of pyridine rings is 1. The molecule has 0 radical (unpaired) electrons. The number of fused-ring (bicyclic) bond motifs is 2. The van der Waals surface area contributed by atoms with Crippen LogP contribution in [0.2, 0.25) is 0 Å². The minimum Gasteiger partial charge on any atom is -0.465 e. The van der Waals surface area contributed by atoms with Crippen molar-refractivity contribution < 1.29 is 9.90 Å². The van der Waals surface area contributed by atoms with Crippen molar-refractivity contribution in [2.24, 2.45) is 5.41 Å². The lowest BCUT2D eigenvalue weighted by Crippen LogP contribution is -2.34. The van der Waals surface area contributed by atoms with Crippen LogP contribution in [0.1, 0.15) is 78.5 Å². The van der Waals surface area contributed by atoms with Crippen molar-refractivity contribution in [3.05, 3.63) is 62.7 Å². The van der Waals surface area contributed by atoms with Crippen molar-refractivity contribution in [3.63, 3.8) is 0 Å². The Morgan fingerprint density at radius 1 is 1.24 bits per heavy atom. The predicted molar refractivity (Wildman–Crippen MR) is 159 cm³/mol. The van der Waals surface area contributed by atoms with Crippen LogP contribution < -0.4 is 10.6 Å². The van der Waals surface area contributed by atoms with E-state index in [1.54, 1.807) is 17.4 Å². The monoisotopic (exact) mass is 581 g/mol.